The molecule has 0 heterocycles. The Balaban J connectivity index is 2.24. The molecule has 146 valence electrons. The van der Waals surface area contributed by atoms with E-state index < -0.39 is 23.7 Å². The van der Waals surface area contributed by atoms with Crippen molar-refractivity contribution >= 4 is 5.91 Å². The second-order valence-corrected chi connectivity index (χ2v) is 5.70. The number of hydrogen-bond acceptors (Lipinski definition) is 4. The molecule has 0 saturated carbocycles. The summed E-state index contributed by atoms with van der Waals surface area (Å²) in [6.07, 6.45) is -4.40. The van der Waals surface area contributed by atoms with Crippen LogP contribution >= 0.6 is 0 Å². The van der Waals surface area contributed by atoms with Gasteiger partial charge in [0.2, 0.25) is 5.75 Å². The van der Waals surface area contributed by atoms with Crippen LogP contribution in [-0.2, 0) is 6.18 Å². The fraction of sp³-hybridized carbons (Fsp3) is 0.316. The van der Waals surface area contributed by atoms with Crippen molar-refractivity contribution in [2.75, 3.05) is 21.3 Å². The number of carbonyl (C=O) groups excluding carboxylic acids is 1. The van der Waals surface area contributed by atoms with Crippen LogP contribution in [0.2, 0.25) is 0 Å². The minimum absolute atomic E-state index is 0.203. The molecule has 0 radical (unpaired) electrons. The van der Waals surface area contributed by atoms with Gasteiger partial charge in [0.1, 0.15) is 0 Å². The van der Waals surface area contributed by atoms with E-state index in [1.54, 1.807) is 13.0 Å². The van der Waals surface area contributed by atoms with Gasteiger partial charge in [0, 0.05) is 0 Å². The quantitative estimate of drug-likeness (QED) is 0.811. The highest BCUT2D eigenvalue weighted by molar-refractivity contribution is 5.98. The van der Waals surface area contributed by atoms with Crippen LogP contribution in [0.1, 0.15) is 34.5 Å². The third-order valence-corrected chi connectivity index (χ3v) is 4.03. The lowest BCUT2D eigenvalue weighted by molar-refractivity contribution is -0.137. The van der Waals surface area contributed by atoms with Crippen LogP contribution in [0.4, 0.5) is 13.2 Å². The van der Waals surface area contributed by atoms with E-state index in [9.17, 15) is 18.0 Å². The lowest BCUT2D eigenvalue weighted by Crippen LogP contribution is -2.27. The van der Waals surface area contributed by atoms with Crippen LogP contribution in [0.25, 0.3) is 0 Å². The Morgan fingerprint density at radius 3 is 2.00 bits per heavy atom. The largest absolute Gasteiger partial charge is 0.493 e. The number of amides is 1. The average molecular weight is 383 g/mol. The van der Waals surface area contributed by atoms with Gasteiger partial charge in [-0.2, -0.15) is 13.2 Å². The number of methoxy groups -OCH3 is 3. The maximum absolute atomic E-state index is 12.7. The predicted molar refractivity (Wildman–Crippen MR) is 93.4 cm³/mol. The summed E-state index contributed by atoms with van der Waals surface area (Å²) in [5, 5.41) is 2.74. The van der Waals surface area contributed by atoms with E-state index in [1.807, 2.05) is 0 Å². The van der Waals surface area contributed by atoms with Gasteiger partial charge in [0.05, 0.1) is 38.5 Å². The van der Waals surface area contributed by atoms with Crippen molar-refractivity contribution in [1.82, 2.24) is 5.32 Å². The molecule has 0 aliphatic heterocycles. The fourth-order valence-corrected chi connectivity index (χ4v) is 2.60. The van der Waals surface area contributed by atoms with Gasteiger partial charge in [-0.1, -0.05) is 12.1 Å². The smallest absolute Gasteiger partial charge is 0.416 e. The van der Waals surface area contributed by atoms with Gasteiger partial charge in [-0.15, -0.1) is 0 Å². The van der Waals surface area contributed by atoms with Gasteiger partial charge in [-0.3, -0.25) is 4.79 Å². The van der Waals surface area contributed by atoms with Gasteiger partial charge in [0.25, 0.3) is 5.91 Å². The molecule has 1 N–H and O–H groups in total. The summed E-state index contributed by atoms with van der Waals surface area (Å²) in [5.41, 5.74) is 0.0102. The second kappa shape index (κ2) is 8.20. The third kappa shape index (κ3) is 4.45. The van der Waals surface area contributed by atoms with Gasteiger partial charge >= 0.3 is 6.18 Å². The number of ether oxygens (including phenoxy) is 3. The van der Waals surface area contributed by atoms with Crippen LogP contribution < -0.4 is 19.5 Å². The predicted octanol–water partition coefficient (Wildman–Crippen LogP) is 4.22. The van der Waals surface area contributed by atoms with E-state index in [0.717, 1.165) is 12.1 Å². The summed E-state index contributed by atoms with van der Waals surface area (Å²) in [6, 6.07) is 7.20. The standard InChI is InChI=1S/C19H20F3NO4/c1-11(12-5-7-13(8-6-12)19(20,21)22)23-18(24)14-9-10-15(25-2)17(27-4)16(14)26-3/h5-11H,1-4H3,(H,23,24). The minimum Gasteiger partial charge on any atom is -0.493 e. The Kier molecular flexibility index (Phi) is 6.20. The van der Waals surface area contributed by atoms with E-state index in [0.29, 0.717) is 11.3 Å². The van der Waals surface area contributed by atoms with Gasteiger partial charge in [-0.05, 0) is 36.8 Å². The average Bonchev–Trinajstić information content (AvgIpc) is 2.65. The van der Waals surface area contributed by atoms with E-state index in [-0.39, 0.29) is 17.1 Å². The Bertz CT molecular complexity index is 804. The van der Waals surface area contributed by atoms with Crippen molar-refractivity contribution in [1.29, 1.82) is 0 Å². The minimum atomic E-state index is -4.40. The first-order valence-electron chi connectivity index (χ1n) is 7.99. The van der Waals surface area contributed by atoms with Crippen molar-refractivity contribution in [3.05, 3.63) is 53.1 Å². The molecule has 0 spiro atoms. The number of carbonyl (C=O) groups is 1. The molecule has 8 heteroatoms. The normalized spacial score (nSPS) is 12.3. The second-order valence-electron chi connectivity index (χ2n) is 5.70. The van der Waals surface area contributed by atoms with Crippen molar-refractivity contribution in [2.24, 2.45) is 0 Å². The molecule has 27 heavy (non-hydrogen) atoms. The zero-order valence-corrected chi connectivity index (χ0v) is 15.3. The lowest BCUT2D eigenvalue weighted by Gasteiger charge is -2.18. The Morgan fingerprint density at radius 1 is 0.926 bits per heavy atom. The molecular formula is C19H20F3NO4. The molecule has 1 unspecified atom stereocenters. The van der Waals surface area contributed by atoms with E-state index >= 15 is 0 Å². The molecule has 1 atom stereocenters. The van der Waals surface area contributed by atoms with Crippen molar-refractivity contribution in [2.45, 2.75) is 19.1 Å². The molecule has 2 aromatic rings. The zero-order chi connectivity index (χ0) is 20.2. The first kappa shape index (κ1) is 20.4. The summed E-state index contributed by atoms with van der Waals surface area (Å²) < 4.78 is 53.7. The van der Waals surface area contributed by atoms with E-state index in [4.69, 9.17) is 14.2 Å². The molecular weight excluding hydrogens is 363 g/mol. The molecule has 0 aliphatic rings. The van der Waals surface area contributed by atoms with Crippen molar-refractivity contribution in [3.63, 3.8) is 0 Å². The van der Waals surface area contributed by atoms with Crippen molar-refractivity contribution in [3.8, 4) is 17.2 Å². The molecule has 0 saturated heterocycles. The van der Waals surface area contributed by atoms with Crippen LogP contribution in [0, 0.1) is 0 Å². The first-order chi connectivity index (χ1) is 12.7. The van der Waals surface area contributed by atoms with Crippen LogP contribution in [0.5, 0.6) is 17.2 Å². The SMILES string of the molecule is COc1ccc(C(=O)NC(C)c2ccc(C(F)(F)F)cc2)c(OC)c1OC. The third-order valence-electron chi connectivity index (χ3n) is 4.03. The Morgan fingerprint density at radius 2 is 1.52 bits per heavy atom. The van der Waals surface area contributed by atoms with Crippen LogP contribution in [-0.4, -0.2) is 27.2 Å². The molecule has 0 aliphatic carbocycles. The van der Waals surface area contributed by atoms with Gasteiger partial charge in [0.15, 0.2) is 11.5 Å². The summed E-state index contributed by atoms with van der Waals surface area (Å²) in [5.74, 6) is 0.422. The zero-order valence-electron chi connectivity index (χ0n) is 15.3. The number of benzene rings is 2. The number of hydrogen-bond donors (Lipinski definition) is 1. The highest BCUT2D eigenvalue weighted by Gasteiger charge is 2.30. The molecule has 0 bridgehead atoms. The highest BCUT2D eigenvalue weighted by Crippen LogP contribution is 2.39. The first-order valence-corrected chi connectivity index (χ1v) is 7.99. The summed E-state index contributed by atoms with van der Waals surface area (Å²) in [7, 11) is 4.28. The summed E-state index contributed by atoms with van der Waals surface area (Å²) in [6.45, 7) is 1.67. The molecule has 2 rings (SSSR count). The van der Waals surface area contributed by atoms with E-state index in [1.165, 1.54) is 39.5 Å². The highest BCUT2D eigenvalue weighted by atomic mass is 19.4. The number of rotatable bonds is 6. The maximum Gasteiger partial charge on any atom is 0.416 e. The maximum atomic E-state index is 12.7. The monoisotopic (exact) mass is 383 g/mol. The van der Waals surface area contributed by atoms with Crippen LogP contribution in [0.15, 0.2) is 36.4 Å². The Hall–Kier alpha value is -2.90. The molecule has 2 aromatic carbocycles. The molecule has 1 amide bonds. The molecule has 5 nitrogen and oxygen atoms in total. The van der Waals surface area contributed by atoms with Gasteiger partial charge in [-0.25, -0.2) is 0 Å². The molecule has 0 aromatic heterocycles. The number of alkyl halides is 3. The summed E-state index contributed by atoms with van der Waals surface area (Å²) in [4.78, 5) is 12.6. The fourth-order valence-electron chi connectivity index (χ4n) is 2.60. The summed E-state index contributed by atoms with van der Waals surface area (Å²) >= 11 is 0. The van der Waals surface area contributed by atoms with Gasteiger partial charge < -0.3 is 19.5 Å². The number of nitrogens with one attached hydrogen (secondary N) is 1. The Labute approximate surface area is 155 Å². The van der Waals surface area contributed by atoms with E-state index in [2.05, 4.69) is 5.32 Å². The topological polar surface area (TPSA) is 56.8 Å². The lowest BCUT2D eigenvalue weighted by atomic mass is 10.0. The van der Waals surface area contributed by atoms with Crippen molar-refractivity contribution < 1.29 is 32.2 Å². The van der Waals surface area contributed by atoms with Crippen LogP contribution in [0.3, 0.4) is 0 Å². The number of halogens is 3. The molecule has 0 fully saturated rings.